The highest BCUT2D eigenvalue weighted by Gasteiger charge is 2.42. The van der Waals surface area contributed by atoms with Crippen LogP contribution < -0.4 is 19.3 Å². The summed E-state index contributed by atoms with van der Waals surface area (Å²) < 4.78 is 17.2. The van der Waals surface area contributed by atoms with E-state index in [4.69, 9.17) is 14.2 Å². The predicted molar refractivity (Wildman–Crippen MR) is 178 cm³/mol. The van der Waals surface area contributed by atoms with Crippen LogP contribution in [0, 0.1) is 0 Å². The summed E-state index contributed by atoms with van der Waals surface area (Å²) in [5, 5.41) is 0.620. The minimum absolute atomic E-state index is 0.0232. The van der Waals surface area contributed by atoms with Gasteiger partial charge in [0.05, 0.1) is 24.6 Å². The van der Waals surface area contributed by atoms with Crippen molar-refractivity contribution in [2.45, 2.75) is 58.5 Å². The molecule has 0 bridgehead atoms. The second-order valence-corrected chi connectivity index (χ2v) is 12.8. The Morgan fingerprint density at radius 3 is 1.91 bits per heavy atom. The molecule has 7 rings (SSSR count). The van der Waals surface area contributed by atoms with Crippen LogP contribution in [0.25, 0.3) is 10.8 Å². The molecule has 9 heteroatoms. The molecule has 240 valence electrons. The van der Waals surface area contributed by atoms with Crippen LogP contribution in [-0.2, 0) is 10.2 Å². The van der Waals surface area contributed by atoms with Crippen LogP contribution in [0.15, 0.2) is 66.7 Å². The number of hydrogen-bond acceptors (Lipinski definition) is 7. The Bertz CT molecular complexity index is 1910. The van der Waals surface area contributed by atoms with Crippen molar-refractivity contribution in [2.24, 2.45) is 0 Å². The summed E-state index contributed by atoms with van der Waals surface area (Å²) in [7, 11) is 0. The van der Waals surface area contributed by atoms with Gasteiger partial charge in [0.15, 0.2) is 0 Å². The van der Waals surface area contributed by atoms with Crippen molar-refractivity contribution in [1.29, 1.82) is 0 Å². The second kappa shape index (κ2) is 11.7. The van der Waals surface area contributed by atoms with Gasteiger partial charge in [-0.3, -0.25) is 19.2 Å². The lowest BCUT2D eigenvalue weighted by molar-refractivity contribution is 0.0872. The number of rotatable bonds is 11. The first-order chi connectivity index (χ1) is 22.6. The average molecular weight is 633 g/mol. The van der Waals surface area contributed by atoms with Gasteiger partial charge in [-0.1, -0.05) is 46.2 Å². The minimum Gasteiger partial charge on any atom is -0.494 e. The summed E-state index contributed by atoms with van der Waals surface area (Å²) in [4.78, 5) is 58.8. The normalized spacial score (nSPS) is 17.1. The zero-order valence-electron chi connectivity index (χ0n) is 26.9. The maximum Gasteiger partial charge on any atom is 0.266 e. The zero-order chi connectivity index (χ0) is 33.0. The summed E-state index contributed by atoms with van der Waals surface area (Å²) in [5.41, 5.74) is 2.41. The predicted octanol–water partition coefficient (Wildman–Crippen LogP) is 7.09. The summed E-state index contributed by atoms with van der Waals surface area (Å²) >= 11 is 0. The molecule has 0 aliphatic carbocycles. The first kappa shape index (κ1) is 30.6. The third-order valence-corrected chi connectivity index (χ3v) is 9.43. The number of carbonyl (C=O) groups excluding carboxylic acids is 4. The number of benzene rings is 4. The van der Waals surface area contributed by atoms with E-state index in [1.165, 1.54) is 0 Å². The quantitative estimate of drug-likeness (QED) is 0.0988. The van der Waals surface area contributed by atoms with Gasteiger partial charge >= 0.3 is 0 Å². The summed E-state index contributed by atoms with van der Waals surface area (Å²) in [5.74, 6) is -1.22. The van der Waals surface area contributed by atoms with Gasteiger partial charge in [0.1, 0.15) is 24.2 Å². The van der Waals surface area contributed by atoms with Gasteiger partial charge in [-0.2, -0.15) is 0 Å². The van der Waals surface area contributed by atoms with Gasteiger partial charge < -0.3 is 14.2 Å². The number of nitrogens with zero attached hydrogens (tertiary/aromatic N) is 2. The molecular formula is C38H36N2O7. The van der Waals surface area contributed by atoms with E-state index in [1.54, 1.807) is 54.6 Å². The topological polar surface area (TPSA) is 106 Å². The molecule has 0 saturated carbocycles. The van der Waals surface area contributed by atoms with Crippen molar-refractivity contribution in [3.05, 3.63) is 94.5 Å². The van der Waals surface area contributed by atoms with E-state index in [9.17, 15) is 19.2 Å². The second-order valence-electron chi connectivity index (χ2n) is 12.8. The highest BCUT2D eigenvalue weighted by atomic mass is 16.6. The van der Waals surface area contributed by atoms with Crippen LogP contribution in [-0.4, -0.2) is 49.6 Å². The van der Waals surface area contributed by atoms with E-state index in [2.05, 4.69) is 27.7 Å². The van der Waals surface area contributed by atoms with Gasteiger partial charge in [-0.05, 0) is 72.4 Å². The van der Waals surface area contributed by atoms with E-state index in [0.29, 0.717) is 53.5 Å². The minimum atomic E-state index is -0.551. The van der Waals surface area contributed by atoms with Crippen molar-refractivity contribution in [2.75, 3.05) is 29.6 Å². The van der Waals surface area contributed by atoms with E-state index in [1.807, 2.05) is 12.1 Å². The number of unbranched alkanes of at least 4 members (excludes halogenated alkanes) is 1. The first-order valence-electron chi connectivity index (χ1n) is 16.1. The number of ether oxygens (including phenoxy) is 3. The van der Waals surface area contributed by atoms with E-state index >= 15 is 0 Å². The molecule has 0 radical (unpaired) electrons. The third-order valence-electron chi connectivity index (χ3n) is 9.43. The van der Waals surface area contributed by atoms with Crippen LogP contribution in [0.5, 0.6) is 11.5 Å². The lowest BCUT2D eigenvalue weighted by atomic mass is 9.81. The first-order valence-corrected chi connectivity index (χ1v) is 16.1. The number of imide groups is 2. The van der Waals surface area contributed by atoms with Crippen molar-refractivity contribution in [3.63, 3.8) is 0 Å². The molecule has 3 aliphatic rings. The van der Waals surface area contributed by atoms with Crippen LogP contribution in [0.1, 0.15) is 94.0 Å². The van der Waals surface area contributed by atoms with E-state index < -0.39 is 23.6 Å². The maximum absolute atomic E-state index is 14.3. The summed E-state index contributed by atoms with van der Waals surface area (Å²) in [6, 6.07) is 18.8. The lowest BCUT2D eigenvalue weighted by Gasteiger charge is -2.33. The third kappa shape index (κ3) is 5.15. The number of anilines is 2. The molecule has 4 aromatic carbocycles. The molecule has 47 heavy (non-hydrogen) atoms. The van der Waals surface area contributed by atoms with E-state index in [0.717, 1.165) is 34.6 Å². The van der Waals surface area contributed by atoms with Crippen molar-refractivity contribution in [1.82, 2.24) is 0 Å². The van der Waals surface area contributed by atoms with Crippen LogP contribution in [0.3, 0.4) is 0 Å². The van der Waals surface area contributed by atoms with Crippen LogP contribution in [0.4, 0.5) is 11.4 Å². The number of carbonyl (C=O) groups is 4. The van der Waals surface area contributed by atoms with Gasteiger partial charge in [0, 0.05) is 39.1 Å². The van der Waals surface area contributed by atoms with Crippen molar-refractivity contribution >= 4 is 45.8 Å². The molecule has 0 spiro atoms. The average Bonchev–Trinajstić information content (AvgIpc) is 3.91. The SMILES string of the molecule is CCCCOc1cccc(N2C(=O)c3ccc4c5c(ccc(c35)C2=O)C(=O)N(c2cc(C(C)(C)CC)ccc2OCC2CO2)C4=O)c1. The number of amides is 4. The molecule has 1 unspecified atom stereocenters. The molecule has 1 fully saturated rings. The molecule has 0 aromatic heterocycles. The highest BCUT2D eigenvalue weighted by Crippen LogP contribution is 2.43. The molecule has 0 N–H and O–H groups in total. The Morgan fingerprint density at radius 2 is 1.36 bits per heavy atom. The molecule has 3 aliphatic heterocycles. The Balaban J connectivity index is 1.30. The molecule has 4 amide bonds. The largest absolute Gasteiger partial charge is 0.494 e. The molecule has 4 aromatic rings. The van der Waals surface area contributed by atoms with Crippen molar-refractivity contribution < 1.29 is 33.4 Å². The molecule has 1 saturated heterocycles. The monoisotopic (exact) mass is 632 g/mol. The van der Waals surface area contributed by atoms with Crippen LogP contribution >= 0.6 is 0 Å². The van der Waals surface area contributed by atoms with Gasteiger partial charge in [-0.25, -0.2) is 9.80 Å². The smallest absolute Gasteiger partial charge is 0.266 e. The summed E-state index contributed by atoms with van der Waals surface area (Å²) in [6.07, 6.45) is 2.68. The molecular weight excluding hydrogens is 596 g/mol. The highest BCUT2D eigenvalue weighted by molar-refractivity contribution is 6.42. The molecule has 3 heterocycles. The van der Waals surface area contributed by atoms with E-state index in [-0.39, 0.29) is 33.8 Å². The fraction of sp³-hybridized carbons (Fsp3) is 0.316. The Labute approximate surface area is 273 Å². The fourth-order valence-electron chi connectivity index (χ4n) is 6.16. The van der Waals surface area contributed by atoms with Gasteiger partial charge in [0.2, 0.25) is 0 Å². The van der Waals surface area contributed by atoms with Crippen LogP contribution in [0.2, 0.25) is 0 Å². The number of epoxide rings is 1. The fourth-order valence-corrected chi connectivity index (χ4v) is 6.16. The molecule has 1 atom stereocenters. The van der Waals surface area contributed by atoms with Crippen molar-refractivity contribution in [3.8, 4) is 11.5 Å². The van der Waals surface area contributed by atoms with Gasteiger partial charge in [-0.15, -0.1) is 0 Å². The maximum atomic E-state index is 14.3. The summed E-state index contributed by atoms with van der Waals surface area (Å²) in [6.45, 7) is 9.80. The Kier molecular flexibility index (Phi) is 7.59. The standard InChI is InChI=1S/C38H36N2O7/c1-5-7-17-45-24-10-8-9-23(19-24)39-34(41)26-12-14-28-33-29(15-13-27(32(26)33)35(39)42)37(44)40(36(28)43)30-18-22(38(3,4)6-2)11-16-31(30)47-21-25-20-46-25/h8-16,18-19,25H,5-7,17,20-21H2,1-4H3. The lowest BCUT2D eigenvalue weighted by Crippen LogP contribution is -2.43. The van der Waals surface area contributed by atoms with Gasteiger partial charge in [0.25, 0.3) is 23.6 Å². The molecule has 9 nitrogen and oxygen atoms in total. The number of hydrogen-bond donors (Lipinski definition) is 0. The Hall–Kier alpha value is -5.02. The zero-order valence-corrected chi connectivity index (χ0v) is 26.9. The Morgan fingerprint density at radius 1 is 0.766 bits per heavy atom.